The molecule has 2 atom stereocenters. The van der Waals surface area contributed by atoms with Crippen LogP contribution in [0.4, 0.5) is 0 Å². The van der Waals surface area contributed by atoms with Crippen LogP contribution in [0.3, 0.4) is 0 Å². The van der Waals surface area contributed by atoms with Crippen LogP contribution in [-0.2, 0) is 31.1 Å². The van der Waals surface area contributed by atoms with E-state index < -0.39 is 33.2 Å². The zero-order valence-corrected chi connectivity index (χ0v) is 18.8. The Balaban J connectivity index is 1.69. The van der Waals surface area contributed by atoms with Crippen molar-refractivity contribution in [2.24, 2.45) is 0 Å². The molecule has 3 rings (SSSR count). The second-order valence-corrected chi connectivity index (χ2v) is 11.3. The fourth-order valence-electron chi connectivity index (χ4n) is 3.92. The summed E-state index contributed by atoms with van der Waals surface area (Å²) in [6, 6.07) is 8.20. The van der Waals surface area contributed by atoms with Crippen LogP contribution in [0, 0.1) is 13.8 Å². The lowest BCUT2D eigenvalue weighted by atomic mass is 10.1. The summed E-state index contributed by atoms with van der Waals surface area (Å²) >= 11 is 0. The normalized spacial score (nSPS) is 18.8. The Bertz CT molecular complexity index is 1120. The number of carbonyl (C=O) groups is 2. The van der Waals surface area contributed by atoms with Crippen LogP contribution in [0.1, 0.15) is 50.1 Å². The highest BCUT2D eigenvalue weighted by atomic mass is 32.2. The molecule has 162 valence electrons. The number of sulfone groups is 1. The Morgan fingerprint density at radius 3 is 2.60 bits per heavy atom. The number of aromatic nitrogens is 1. The number of ketones is 1. The first kappa shape index (κ1) is 22.4. The van der Waals surface area contributed by atoms with E-state index in [0.717, 1.165) is 11.3 Å². The van der Waals surface area contributed by atoms with Gasteiger partial charge in [-0.2, -0.15) is 0 Å². The molecule has 0 radical (unpaired) electrons. The van der Waals surface area contributed by atoms with E-state index in [1.807, 2.05) is 11.5 Å². The number of esters is 1. The first-order valence-corrected chi connectivity index (χ1v) is 13.1. The number of Topliss-reactive ketones (excluding diaryl/α,β-unsaturated/α-hetero) is 1. The number of aryl methyl sites for hydroxylation is 1. The lowest BCUT2D eigenvalue weighted by Crippen LogP contribution is -2.17. The summed E-state index contributed by atoms with van der Waals surface area (Å²) in [7, 11) is -4.07. The molecule has 1 aliphatic heterocycles. The highest BCUT2D eigenvalue weighted by Crippen LogP contribution is 2.29. The largest absolute Gasteiger partial charge is 0.454 e. The zero-order valence-electron chi connectivity index (χ0n) is 17.2. The number of benzene rings is 1. The number of carbonyl (C=O) groups excluding carboxylic acids is 2. The maximum Gasteiger partial charge on any atom is 0.338 e. The number of ether oxygens (including phenoxy) is 1. The van der Waals surface area contributed by atoms with Crippen molar-refractivity contribution in [2.45, 2.75) is 32.1 Å². The molecule has 1 saturated heterocycles. The Labute approximate surface area is 178 Å². The Morgan fingerprint density at radius 1 is 1.23 bits per heavy atom. The van der Waals surface area contributed by atoms with E-state index in [4.69, 9.17) is 4.74 Å². The summed E-state index contributed by atoms with van der Waals surface area (Å²) in [5.74, 6) is -0.397. The molecule has 0 amide bonds. The third-order valence-electron chi connectivity index (χ3n) is 5.23. The van der Waals surface area contributed by atoms with Crippen LogP contribution in [0.5, 0.6) is 0 Å². The minimum absolute atomic E-state index is 0.0743. The highest BCUT2D eigenvalue weighted by Gasteiger charge is 2.31. The van der Waals surface area contributed by atoms with Crippen molar-refractivity contribution in [3.63, 3.8) is 0 Å². The molecule has 0 spiro atoms. The second kappa shape index (κ2) is 8.85. The van der Waals surface area contributed by atoms with Gasteiger partial charge < -0.3 is 9.30 Å². The number of hydrogen-bond acceptors (Lipinski definition) is 6. The van der Waals surface area contributed by atoms with Crippen molar-refractivity contribution in [1.82, 2.24) is 4.57 Å². The van der Waals surface area contributed by atoms with Gasteiger partial charge in [0.2, 0.25) is 5.78 Å². The molecular weight excluding hydrogens is 426 g/mol. The molecule has 2 unspecified atom stereocenters. The third-order valence-corrected chi connectivity index (χ3v) is 7.72. The van der Waals surface area contributed by atoms with E-state index in [9.17, 15) is 22.2 Å². The second-order valence-electron chi connectivity index (χ2n) is 7.63. The number of rotatable bonds is 7. The standard InChI is InChI=1S/C21H25NO6S2/c1-14-9-19(15(2)22(14)18-7-8-30(26,27)13-18)20(23)11-28-21(24)17-6-4-5-16(10-17)12-29(3)25/h4-6,9-10,18H,7-8,11-13H2,1-3H3. The lowest BCUT2D eigenvalue weighted by Gasteiger charge is -2.16. The SMILES string of the molecule is Cc1cc(C(=O)COC(=O)c2cccc(CS(C)=O)c2)c(C)n1C1CCS(=O)(=O)C1. The Morgan fingerprint density at radius 2 is 1.97 bits per heavy atom. The third kappa shape index (κ3) is 5.07. The van der Waals surface area contributed by atoms with E-state index in [0.29, 0.717) is 29.0 Å². The molecule has 9 heteroatoms. The predicted octanol–water partition coefficient (Wildman–Crippen LogP) is 2.38. The summed E-state index contributed by atoms with van der Waals surface area (Å²) in [5, 5.41) is 0. The maximum absolute atomic E-state index is 12.7. The monoisotopic (exact) mass is 451 g/mol. The van der Waals surface area contributed by atoms with Gasteiger partial charge in [-0.1, -0.05) is 12.1 Å². The average molecular weight is 452 g/mol. The van der Waals surface area contributed by atoms with Crippen LogP contribution >= 0.6 is 0 Å². The van der Waals surface area contributed by atoms with Crippen molar-refractivity contribution >= 4 is 32.4 Å². The molecule has 1 aliphatic rings. The van der Waals surface area contributed by atoms with Crippen molar-refractivity contribution in [2.75, 3.05) is 24.4 Å². The molecule has 0 bridgehead atoms. The summed E-state index contributed by atoms with van der Waals surface area (Å²) in [5.41, 5.74) is 2.98. The molecule has 1 aromatic carbocycles. The minimum atomic E-state index is -3.05. The Hall–Kier alpha value is -2.26. The van der Waals surface area contributed by atoms with Gasteiger partial charge in [0, 0.05) is 45.8 Å². The Kier molecular flexibility index (Phi) is 6.62. The topological polar surface area (TPSA) is 99.5 Å². The predicted molar refractivity (Wildman–Crippen MR) is 115 cm³/mol. The van der Waals surface area contributed by atoms with Crippen LogP contribution in [0.2, 0.25) is 0 Å². The zero-order chi connectivity index (χ0) is 22.1. The van der Waals surface area contributed by atoms with E-state index in [1.165, 1.54) is 0 Å². The van der Waals surface area contributed by atoms with Crippen LogP contribution < -0.4 is 0 Å². The first-order valence-electron chi connectivity index (χ1n) is 9.55. The van der Waals surface area contributed by atoms with Crippen molar-refractivity contribution < 1.29 is 27.0 Å². The maximum atomic E-state index is 12.7. The van der Waals surface area contributed by atoms with Gasteiger partial charge in [-0.05, 0) is 44.0 Å². The van der Waals surface area contributed by atoms with E-state index in [2.05, 4.69) is 0 Å². The van der Waals surface area contributed by atoms with E-state index in [1.54, 1.807) is 43.5 Å². The number of nitrogens with zero attached hydrogens (tertiary/aromatic N) is 1. The summed E-state index contributed by atoms with van der Waals surface area (Å²) in [4.78, 5) is 25.0. The van der Waals surface area contributed by atoms with Crippen LogP contribution in [-0.4, -0.2) is 53.3 Å². The van der Waals surface area contributed by atoms with Gasteiger partial charge in [-0.25, -0.2) is 13.2 Å². The quantitative estimate of drug-likeness (QED) is 0.473. The summed E-state index contributed by atoms with van der Waals surface area (Å²) in [6.45, 7) is 3.21. The van der Waals surface area contributed by atoms with Gasteiger partial charge in [0.25, 0.3) is 0 Å². The van der Waals surface area contributed by atoms with Crippen LogP contribution in [0.15, 0.2) is 30.3 Å². The van der Waals surface area contributed by atoms with Gasteiger partial charge in [0.05, 0.1) is 17.1 Å². The fraction of sp³-hybridized carbons (Fsp3) is 0.429. The van der Waals surface area contributed by atoms with Gasteiger partial charge in [0.15, 0.2) is 16.4 Å². The van der Waals surface area contributed by atoms with Crippen molar-refractivity contribution in [3.05, 3.63) is 58.4 Å². The summed E-state index contributed by atoms with van der Waals surface area (Å²) < 4.78 is 42.1. The molecule has 0 saturated carbocycles. The molecule has 30 heavy (non-hydrogen) atoms. The van der Waals surface area contributed by atoms with Crippen LogP contribution in [0.25, 0.3) is 0 Å². The molecule has 0 aliphatic carbocycles. The molecular formula is C21H25NO6S2. The lowest BCUT2D eigenvalue weighted by molar-refractivity contribution is 0.0474. The van der Waals surface area contributed by atoms with Crippen molar-refractivity contribution in [1.29, 1.82) is 0 Å². The number of hydrogen-bond donors (Lipinski definition) is 0. The summed E-state index contributed by atoms with van der Waals surface area (Å²) in [6.07, 6.45) is 2.11. The van der Waals surface area contributed by atoms with Gasteiger partial charge >= 0.3 is 5.97 Å². The minimum Gasteiger partial charge on any atom is -0.454 e. The molecule has 7 nitrogen and oxygen atoms in total. The molecule has 1 aromatic heterocycles. The van der Waals surface area contributed by atoms with E-state index in [-0.39, 0.29) is 23.3 Å². The molecule has 1 fully saturated rings. The molecule has 2 aromatic rings. The van der Waals surface area contributed by atoms with E-state index >= 15 is 0 Å². The van der Waals surface area contributed by atoms with Gasteiger partial charge in [-0.15, -0.1) is 0 Å². The first-order chi connectivity index (χ1) is 14.1. The average Bonchev–Trinajstić information content (AvgIpc) is 3.17. The molecule has 0 N–H and O–H groups in total. The molecule has 2 heterocycles. The fourth-order valence-corrected chi connectivity index (χ4v) is 6.26. The highest BCUT2D eigenvalue weighted by molar-refractivity contribution is 7.91. The van der Waals surface area contributed by atoms with Gasteiger partial charge in [-0.3, -0.25) is 9.00 Å². The smallest absolute Gasteiger partial charge is 0.338 e. The van der Waals surface area contributed by atoms with Gasteiger partial charge in [0.1, 0.15) is 0 Å². The van der Waals surface area contributed by atoms with Crippen molar-refractivity contribution in [3.8, 4) is 0 Å².